The summed E-state index contributed by atoms with van der Waals surface area (Å²) in [5, 5.41) is 0. The van der Waals surface area contributed by atoms with E-state index in [9.17, 15) is 4.79 Å². The molecule has 0 aromatic heterocycles. The predicted molar refractivity (Wildman–Crippen MR) is 209 cm³/mol. The number of carbonyl (C=O) groups is 1. The van der Waals surface area contributed by atoms with Crippen LogP contribution < -0.4 is 0 Å². The SMILES string of the molecule is CCCCCCCCCCCCOCCOCCOCCOCCOCCOCCOCCOCCOCCOCCOC(=O)CCCCCCCC. The Kier molecular flexibility index (Phi) is 48.2. The maximum absolute atomic E-state index is 11.7. The highest BCUT2D eigenvalue weighted by Crippen LogP contribution is 2.10. The minimum atomic E-state index is -0.140. The normalized spacial score (nSPS) is 11.5. The topological polar surface area (TPSA) is 119 Å². The Hall–Kier alpha value is -0.930. The van der Waals surface area contributed by atoms with E-state index in [1.807, 2.05) is 0 Å². The van der Waals surface area contributed by atoms with Gasteiger partial charge in [-0.3, -0.25) is 4.79 Å². The lowest BCUT2D eigenvalue weighted by Crippen LogP contribution is -2.15. The lowest BCUT2D eigenvalue weighted by molar-refractivity contribution is -0.145. The Morgan fingerprint density at radius 1 is 0.264 bits per heavy atom. The molecule has 0 aromatic rings. The zero-order valence-corrected chi connectivity index (χ0v) is 34.3. The fourth-order valence-electron chi connectivity index (χ4n) is 5.11. The molecule has 53 heavy (non-hydrogen) atoms. The van der Waals surface area contributed by atoms with Crippen LogP contribution in [0.15, 0.2) is 0 Å². The Morgan fingerprint density at radius 3 is 0.792 bits per heavy atom. The zero-order chi connectivity index (χ0) is 38.2. The second kappa shape index (κ2) is 49.1. The molecule has 0 aliphatic heterocycles. The number of rotatable bonds is 48. The lowest BCUT2D eigenvalue weighted by Gasteiger charge is -2.09. The van der Waals surface area contributed by atoms with Crippen LogP contribution in [0, 0.1) is 0 Å². The maximum atomic E-state index is 11.7. The number of hydrogen-bond donors (Lipinski definition) is 0. The molecular formula is C41H82O12. The third-order valence-corrected chi connectivity index (χ3v) is 8.22. The molecule has 0 aromatic carbocycles. The van der Waals surface area contributed by atoms with Gasteiger partial charge in [0.25, 0.3) is 0 Å². The first-order valence-corrected chi connectivity index (χ1v) is 21.2. The van der Waals surface area contributed by atoms with E-state index in [0.717, 1.165) is 25.9 Å². The van der Waals surface area contributed by atoms with E-state index >= 15 is 0 Å². The van der Waals surface area contributed by atoms with Gasteiger partial charge in [0.1, 0.15) is 6.61 Å². The monoisotopic (exact) mass is 767 g/mol. The van der Waals surface area contributed by atoms with Gasteiger partial charge in [-0.25, -0.2) is 0 Å². The molecule has 0 saturated carbocycles. The summed E-state index contributed by atoms with van der Waals surface area (Å²) in [6, 6.07) is 0. The van der Waals surface area contributed by atoms with E-state index in [4.69, 9.17) is 52.1 Å². The summed E-state index contributed by atoms with van der Waals surface area (Å²) in [6.45, 7) is 15.4. The first-order valence-electron chi connectivity index (χ1n) is 21.2. The molecule has 0 bridgehead atoms. The Morgan fingerprint density at radius 2 is 0.491 bits per heavy atom. The average Bonchev–Trinajstić information content (AvgIpc) is 3.16. The number of hydrogen-bond acceptors (Lipinski definition) is 12. The van der Waals surface area contributed by atoms with E-state index in [2.05, 4.69) is 13.8 Å². The fraction of sp³-hybridized carbons (Fsp3) is 0.976. The van der Waals surface area contributed by atoms with Crippen LogP contribution in [0.4, 0.5) is 0 Å². The summed E-state index contributed by atoms with van der Waals surface area (Å²) in [6.07, 6.45) is 20.8. The average molecular weight is 767 g/mol. The maximum Gasteiger partial charge on any atom is 0.305 e. The molecule has 12 nitrogen and oxygen atoms in total. The Bertz CT molecular complexity index is 673. The Balaban J connectivity index is 3.09. The molecule has 0 amide bonds. The quantitative estimate of drug-likeness (QED) is 0.0455. The van der Waals surface area contributed by atoms with Gasteiger partial charge in [-0.15, -0.1) is 0 Å². The highest BCUT2D eigenvalue weighted by Gasteiger charge is 2.03. The third-order valence-electron chi connectivity index (χ3n) is 8.22. The van der Waals surface area contributed by atoms with Crippen molar-refractivity contribution in [2.45, 2.75) is 123 Å². The molecule has 318 valence electrons. The molecule has 0 atom stereocenters. The first kappa shape index (κ1) is 52.1. The lowest BCUT2D eigenvalue weighted by atomic mass is 10.1. The minimum absolute atomic E-state index is 0.140. The number of esters is 1. The van der Waals surface area contributed by atoms with Gasteiger partial charge in [-0.2, -0.15) is 0 Å². The molecule has 0 rings (SSSR count). The van der Waals surface area contributed by atoms with Crippen LogP contribution in [-0.4, -0.2) is 145 Å². The van der Waals surface area contributed by atoms with Crippen molar-refractivity contribution >= 4 is 5.97 Å². The van der Waals surface area contributed by atoms with Gasteiger partial charge in [0.15, 0.2) is 0 Å². The van der Waals surface area contributed by atoms with Crippen LogP contribution >= 0.6 is 0 Å². The molecule has 0 aliphatic rings. The predicted octanol–water partition coefficient (Wildman–Crippen LogP) is 7.37. The van der Waals surface area contributed by atoms with Gasteiger partial charge in [0, 0.05) is 13.0 Å². The van der Waals surface area contributed by atoms with Gasteiger partial charge in [0.2, 0.25) is 0 Å². The molecule has 0 saturated heterocycles. The Labute approximate surface area is 324 Å². The van der Waals surface area contributed by atoms with Crippen LogP contribution in [0.5, 0.6) is 0 Å². The summed E-state index contributed by atoms with van der Waals surface area (Å²) in [5.74, 6) is -0.140. The molecule has 0 spiro atoms. The molecular weight excluding hydrogens is 684 g/mol. The minimum Gasteiger partial charge on any atom is -0.463 e. The molecule has 0 aliphatic carbocycles. The van der Waals surface area contributed by atoms with Crippen molar-refractivity contribution < 1.29 is 56.9 Å². The van der Waals surface area contributed by atoms with Crippen molar-refractivity contribution in [3.8, 4) is 0 Å². The highest BCUT2D eigenvalue weighted by atomic mass is 16.6. The van der Waals surface area contributed by atoms with Gasteiger partial charge in [0.05, 0.1) is 126 Å². The van der Waals surface area contributed by atoms with Crippen LogP contribution in [0.2, 0.25) is 0 Å². The third kappa shape index (κ3) is 49.1. The molecule has 0 radical (unpaired) electrons. The van der Waals surface area contributed by atoms with Gasteiger partial charge in [-0.05, 0) is 12.8 Å². The van der Waals surface area contributed by atoms with E-state index in [0.29, 0.717) is 132 Å². The van der Waals surface area contributed by atoms with Crippen LogP contribution in [0.25, 0.3) is 0 Å². The summed E-state index contributed by atoms with van der Waals surface area (Å²) < 4.78 is 60.4. The van der Waals surface area contributed by atoms with Crippen molar-refractivity contribution in [2.24, 2.45) is 0 Å². The molecule has 0 fully saturated rings. The van der Waals surface area contributed by atoms with Crippen molar-refractivity contribution in [3.63, 3.8) is 0 Å². The van der Waals surface area contributed by atoms with Crippen LogP contribution in [-0.2, 0) is 56.9 Å². The van der Waals surface area contributed by atoms with Crippen LogP contribution in [0.1, 0.15) is 123 Å². The molecule has 0 N–H and O–H groups in total. The van der Waals surface area contributed by atoms with E-state index in [1.54, 1.807) is 0 Å². The van der Waals surface area contributed by atoms with Gasteiger partial charge in [-0.1, -0.05) is 104 Å². The first-order chi connectivity index (χ1) is 26.3. The number of ether oxygens (including phenoxy) is 11. The number of carbonyl (C=O) groups excluding carboxylic acids is 1. The van der Waals surface area contributed by atoms with Crippen molar-refractivity contribution in [3.05, 3.63) is 0 Å². The van der Waals surface area contributed by atoms with E-state index in [-0.39, 0.29) is 12.6 Å². The smallest absolute Gasteiger partial charge is 0.305 e. The van der Waals surface area contributed by atoms with E-state index < -0.39 is 0 Å². The van der Waals surface area contributed by atoms with E-state index in [1.165, 1.54) is 83.5 Å². The van der Waals surface area contributed by atoms with Crippen LogP contribution in [0.3, 0.4) is 0 Å². The molecule has 12 heteroatoms. The second-order valence-corrected chi connectivity index (χ2v) is 13.0. The fourth-order valence-corrected chi connectivity index (χ4v) is 5.11. The van der Waals surface area contributed by atoms with Crippen molar-refractivity contribution in [1.82, 2.24) is 0 Å². The van der Waals surface area contributed by atoms with Crippen molar-refractivity contribution in [1.29, 1.82) is 0 Å². The standard InChI is InChI=1S/C41H82O12/c1-3-5-7-9-11-12-13-14-16-18-20-43-21-22-44-23-24-45-25-26-46-27-28-47-29-30-48-31-32-49-33-34-50-35-36-51-37-38-52-39-40-53-41(42)19-17-15-10-8-6-4-2/h3-40H2,1-2H3. The summed E-state index contributed by atoms with van der Waals surface area (Å²) in [5.41, 5.74) is 0. The summed E-state index contributed by atoms with van der Waals surface area (Å²) in [4.78, 5) is 11.7. The summed E-state index contributed by atoms with van der Waals surface area (Å²) >= 11 is 0. The van der Waals surface area contributed by atoms with Gasteiger partial charge < -0.3 is 52.1 Å². The number of unbranched alkanes of at least 4 members (excludes halogenated alkanes) is 14. The second-order valence-electron chi connectivity index (χ2n) is 13.0. The zero-order valence-electron chi connectivity index (χ0n) is 34.3. The highest BCUT2D eigenvalue weighted by molar-refractivity contribution is 5.69. The molecule has 0 heterocycles. The van der Waals surface area contributed by atoms with Crippen molar-refractivity contribution in [2.75, 3.05) is 139 Å². The molecule has 0 unspecified atom stereocenters. The summed E-state index contributed by atoms with van der Waals surface area (Å²) in [7, 11) is 0. The largest absolute Gasteiger partial charge is 0.463 e. The van der Waals surface area contributed by atoms with Gasteiger partial charge >= 0.3 is 5.97 Å².